The molecule has 9 heteroatoms. The van der Waals surface area contributed by atoms with Gasteiger partial charge in [0.05, 0.1) is 6.61 Å². The van der Waals surface area contributed by atoms with Gasteiger partial charge in [-0.15, -0.1) is 5.10 Å². The highest BCUT2D eigenvalue weighted by Crippen LogP contribution is 2.21. The van der Waals surface area contributed by atoms with Crippen LogP contribution < -0.4 is 21.3 Å². The predicted octanol–water partition coefficient (Wildman–Crippen LogP) is 3.68. The van der Waals surface area contributed by atoms with Crippen LogP contribution in [-0.2, 0) is 29.5 Å². The lowest BCUT2D eigenvalue weighted by Gasteiger charge is -2.24. The summed E-state index contributed by atoms with van der Waals surface area (Å²) in [5.41, 5.74) is -0.804. The summed E-state index contributed by atoms with van der Waals surface area (Å²) < 4.78 is 13.4. The lowest BCUT2D eigenvalue weighted by atomic mass is 10.1. The average molecular weight is 489 g/mol. The largest absolute Gasteiger partial charge is 0.476 e. The van der Waals surface area contributed by atoms with Crippen molar-refractivity contribution in [3.8, 4) is 5.75 Å². The van der Waals surface area contributed by atoms with Crippen LogP contribution in [0.15, 0.2) is 33.9 Å². The van der Waals surface area contributed by atoms with Crippen LogP contribution in [0.1, 0.15) is 71.8 Å². The van der Waals surface area contributed by atoms with Gasteiger partial charge in [0.25, 0.3) is 5.56 Å². The van der Waals surface area contributed by atoms with Gasteiger partial charge in [-0.1, -0.05) is 44.7 Å². The maximum absolute atomic E-state index is 12.8. The van der Waals surface area contributed by atoms with E-state index in [-0.39, 0.29) is 11.4 Å². The van der Waals surface area contributed by atoms with Crippen LogP contribution in [0.2, 0.25) is 0 Å². The molecular weight excluding hydrogens is 448 g/mol. The number of hydrogen-bond acceptors (Lipinski definition) is 7. The highest BCUT2D eigenvalue weighted by atomic mass is 16.6. The second kappa shape index (κ2) is 13.7. The number of benzene rings is 1. The lowest BCUT2D eigenvalue weighted by molar-refractivity contribution is -0.158. The van der Waals surface area contributed by atoms with Crippen LogP contribution in [0.3, 0.4) is 0 Å². The monoisotopic (exact) mass is 488 g/mol. The first-order valence-corrected chi connectivity index (χ1v) is 12.6. The Morgan fingerprint density at radius 3 is 2.54 bits per heavy atom. The number of rotatable bonds is 15. The Bertz CT molecular complexity index is 1070. The molecule has 9 nitrogen and oxygen atoms in total. The molecule has 2 aromatic rings. The summed E-state index contributed by atoms with van der Waals surface area (Å²) in [5.74, 6) is 0.370. The van der Waals surface area contributed by atoms with E-state index in [1.807, 2.05) is 24.3 Å². The van der Waals surface area contributed by atoms with Gasteiger partial charge in [0.15, 0.2) is 5.60 Å². The zero-order valence-corrected chi connectivity index (χ0v) is 21.8. The van der Waals surface area contributed by atoms with Gasteiger partial charge in [-0.3, -0.25) is 9.36 Å². The number of unbranched alkanes of at least 4 members (excludes halogenated alkanes) is 4. The minimum absolute atomic E-state index is 0.189. The number of esters is 1. The molecule has 35 heavy (non-hydrogen) atoms. The smallest absolute Gasteiger partial charge is 0.349 e. The number of nitrogens with one attached hydrogen (secondary N) is 1. The Labute approximate surface area is 207 Å². The van der Waals surface area contributed by atoms with Crippen molar-refractivity contribution in [2.45, 2.75) is 84.8 Å². The number of anilines is 1. The second-order valence-electron chi connectivity index (χ2n) is 9.14. The van der Waals surface area contributed by atoms with Crippen molar-refractivity contribution >= 4 is 11.8 Å². The molecule has 0 unspecified atom stereocenters. The van der Waals surface area contributed by atoms with Crippen molar-refractivity contribution in [2.75, 3.05) is 18.5 Å². The third-order valence-electron chi connectivity index (χ3n) is 5.66. The van der Waals surface area contributed by atoms with Crippen LogP contribution in [0, 0.1) is 0 Å². The van der Waals surface area contributed by atoms with E-state index in [0.29, 0.717) is 25.4 Å². The van der Waals surface area contributed by atoms with E-state index >= 15 is 0 Å². The minimum atomic E-state index is -1.08. The summed E-state index contributed by atoms with van der Waals surface area (Å²) >= 11 is 0. The van der Waals surface area contributed by atoms with E-state index < -0.39 is 17.3 Å². The number of aromatic nitrogens is 3. The highest BCUT2D eigenvalue weighted by Gasteiger charge is 2.31. The first-order valence-electron chi connectivity index (χ1n) is 12.6. The summed E-state index contributed by atoms with van der Waals surface area (Å²) in [6.07, 6.45) is 6.68. The second-order valence-corrected chi connectivity index (χ2v) is 9.14. The molecule has 0 aliphatic heterocycles. The molecule has 0 aliphatic carbocycles. The summed E-state index contributed by atoms with van der Waals surface area (Å²) in [7, 11) is 1.56. The number of carbonyl (C=O) groups excluding carboxylic acids is 1. The van der Waals surface area contributed by atoms with Crippen LogP contribution in [0.4, 0.5) is 5.82 Å². The Balaban J connectivity index is 1.94. The van der Waals surface area contributed by atoms with Gasteiger partial charge in [0.2, 0.25) is 5.82 Å². The summed E-state index contributed by atoms with van der Waals surface area (Å²) in [6.45, 7) is 8.50. The van der Waals surface area contributed by atoms with E-state index in [1.165, 1.54) is 9.25 Å². The first kappa shape index (κ1) is 28.1. The molecular formula is C26H40N4O5. The van der Waals surface area contributed by atoms with Gasteiger partial charge < -0.3 is 14.8 Å². The molecule has 0 aliphatic rings. The fourth-order valence-corrected chi connectivity index (χ4v) is 3.71. The lowest BCUT2D eigenvalue weighted by Crippen LogP contribution is -2.41. The van der Waals surface area contributed by atoms with Crippen molar-refractivity contribution < 1.29 is 14.3 Å². The van der Waals surface area contributed by atoms with Crippen molar-refractivity contribution in [3.05, 3.63) is 50.7 Å². The molecule has 1 heterocycles. The van der Waals surface area contributed by atoms with Crippen LogP contribution in [-0.4, -0.2) is 39.1 Å². The summed E-state index contributed by atoms with van der Waals surface area (Å²) in [4.78, 5) is 37.2. The first-order chi connectivity index (χ1) is 16.7. The zero-order chi connectivity index (χ0) is 25.8. The third-order valence-corrected chi connectivity index (χ3v) is 5.66. The fraction of sp³-hybridized carbons (Fsp3) is 0.615. The number of aryl methyl sites for hydroxylation is 2. The van der Waals surface area contributed by atoms with E-state index in [2.05, 4.69) is 17.3 Å². The normalized spacial score (nSPS) is 11.3. The topological polar surface area (TPSA) is 104 Å². The summed E-state index contributed by atoms with van der Waals surface area (Å²) in [5, 5.41) is 7.20. The Morgan fingerprint density at radius 2 is 1.83 bits per heavy atom. The molecule has 0 bridgehead atoms. The van der Waals surface area contributed by atoms with E-state index in [0.717, 1.165) is 50.5 Å². The van der Waals surface area contributed by atoms with Crippen molar-refractivity contribution in [3.63, 3.8) is 0 Å². The maximum Gasteiger partial charge on any atom is 0.349 e. The molecule has 0 amide bonds. The zero-order valence-electron chi connectivity index (χ0n) is 21.8. The highest BCUT2D eigenvalue weighted by molar-refractivity contribution is 5.79. The predicted molar refractivity (Wildman–Crippen MR) is 137 cm³/mol. The maximum atomic E-state index is 12.8. The minimum Gasteiger partial charge on any atom is -0.476 e. The van der Waals surface area contributed by atoms with E-state index in [1.54, 1.807) is 27.8 Å². The Kier molecular flexibility index (Phi) is 11.0. The molecule has 0 saturated heterocycles. The molecule has 1 N–H and O–H groups in total. The van der Waals surface area contributed by atoms with Crippen molar-refractivity contribution in [1.29, 1.82) is 0 Å². The number of hydrogen-bond donors (Lipinski definition) is 1. The van der Waals surface area contributed by atoms with Gasteiger partial charge in [-0.2, -0.15) is 0 Å². The molecule has 0 atom stereocenters. The third kappa shape index (κ3) is 8.56. The SMILES string of the molecule is CCCCCCCn1c(=O)c(NCCCc2cccc(OC(C)(C)C(=O)OCC)c2)nn(C)c1=O. The molecule has 0 saturated carbocycles. The van der Waals surface area contributed by atoms with Crippen molar-refractivity contribution in [1.82, 2.24) is 14.3 Å². The molecule has 1 aromatic carbocycles. The van der Waals surface area contributed by atoms with Crippen LogP contribution in [0.25, 0.3) is 0 Å². The quantitative estimate of drug-likeness (QED) is 0.301. The van der Waals surface area contributed by atoms with Crippen molar-refractivity contribution in [2.24, 2.45) is 7.05 Å². The number of nitrogens with zero attached hydrogens (tertiary/aromatic N) is 3. The molecule has 0 fully saturated rings. The van der Waals surface area contributed by atoms with E-state index in [9.17, 15) is 14.4 Å². The average Bonchev–Trinajstić information content (AvgIpc) is 2.81. The van der Waals surface area contributed by atoms with Gasteiger partial charge in [-0.25, -0.2) is 14.3 Å². The van der Waals surface area contributed by atoms with Crippen LogP contribution >= 0.6 is 0 Å². The van der Waals surface area contributed by atoms with Gasteiger partial charge in [0, 0.05) is 20.1 Å². The fourth-order valence-electron chi connectivity index (χ4n) is 3.71. The Hall–Kier alpha value is -3.10. The molecule has 1 aromatic heterocycles. The molecule has 2 rings (SSSR count). The molecule has 0 spiro atoms. The standard InChI is InChI=1S/C26H40N4O5/c1-6-8-9-10-11-18-30-23(31)22(28-29(5)25(30)33)27-17-13-15-20-14-12-16-21(19-20)35-26(3,4)24(32)34-7-2/h12,14,16,19H,6-11,13,15,17-18H2,1-5H3,(H,27,28). The Morgan fingerprint density at radius 1 is 1.09 bits per heavy atom. The van der Waals surface area contributed by atoms with Crippen LogP contribution in [0.5, 0.6) is 5.75 Å². The number of carbonyl (C=O) groups is 1. The summed E-state index contributed by atoms with van der Waals surface area (Å²) in [6, 6.07) is 7.58. The molecule has 0 radical (unpaired) electrons. The van der Waals surface area contributed by atoms with Gasteiger partial charge >= 0.3 is 11.7 Å². The van der Waals surface area contributed by atoms with Gasteiger partial charge in [0.1, 0.15) is 5.75 Å². The number of ether oxygens (including phenoxy) is 2. The molecule has 194 valence electrons. The van der Waals surface area contributed by atoms with E-state index in [4.69, 9.17) is 9.47 Å². The van der Waals surface area contributed by atoms with Gasteiger partial charge in [-0.05, 0) is 57.7 Å².